The summed E-state index contributed by atoms with van der Waals surface area (Å²) in [6.07, 6.45) is 2.61. The summed E-state index contributed by atoms with van der Waals surface area (Å²) in [5.41, 5.74) is 1.21. The Kier molecular flexibility index (Phi) is 4.12. The van der Waals surface area contributed by atoms with Crippen LogP contribution in [0, 0.1) is 6.92 Å². The fourth-order valence-corrected chi connectivity index (χ4v) is 1.54. The van der Waals surface area contributed by atoms with E-state index < -0.39 is 0 Å². The molecule has 2 aromatic rings. The number of aryl methyl sites for hydroxylation is 1. The van der Waals surface area contributed by atoms with Crippen LogP contribution >= 0.6 is 0 Å². The molecule has 0 aliphatic heterocycles. The molecule has 2 heterocycles. The number of pyridine rings is 1. The second-order valence-corrected chi connectivity index (χ2v) is 4.13. The number of rotatable bonds is 5. The zero-order valence-electron chi connectivity index (χ0n) is 10.9. The van der Waals surface area contributed by atoms with E-state index in [1.807, 2.05) is 6.07 Å². The lowest BCUT2D eigenvalue weighted by atomic mass is 10.3. The first-order valence-electron chi connectivity index (χ1n) is 6.13. The van der Waals surface area contributed by atoms with Crippen molar-refractivity contribution in [3.63, 3.8) is 0 Å². The second-order valence-electron chi connectivity index (χ2n) is 4.13. The molecule has 0 saturated heterocycles. The number of anilines is 2. The van der Waals surface area contributed by atoms with Crippen LogP contribution in [0.25, 0.3) is 0 Å². The maximum atomic E-state index is 12.0. The molecule has 0 unspecified atom stereocenters. The fourth-order valence-electron chi connectivity index (χ4n) is 1.54. The molecule has 0 spiro atoms. The van der Waals surface area contributed by atoms with Gasteiger partial charge in [-0.2, -0.15) is 0 Å². The third-order valence-corrected chi connectivity index (χ3v) is 2.44. The molecule has 100 valence electrons. The Morgan fingerprint density at radius 3 is 2.95 bits per heavy atom. The van der Waals surface area contributed by atoms with Gasteiger partial charge in [0.15, 0.2) is 5.82 Å². The molecule has 19 heavy (non-hydrogen) atoms. The van der Waals surface area contributed by atoms with Crippen LogP contribution in [0.5, 0.6) is 0 Å². The summed E-state index contributed by atoms with van der Waals surface area (Å²) in [4.78, 5) is 16.0. The average molecular weight is 260 g/mol. The fraction of sp³-hybridized carbons (Fsp3) is 0.308. The third kappa shape index (κ3) is 3.54. The molecule has 6 nitrogen and oxygen atoms in total. The number of carbonyl (C=O) groups excluding carboxylic acids is 1. The molecule has 0 atom stereocenters. The van der Waals surface area contributed by atoms with E-state index >= 15 is 0 Å². The van der Waals surface area contributed by atoms with Crippen LogP contribution in [0.1, 0.15) is 29.6 Å². The summed E-state index contributed by atoms with van der Waals surface area (Å²) in [6, 6.07) is 5.18. The number of amides is 1. The van der Waals surface area contributed by atoms with Gasteiger partial charge in [0, 0.05) is 24.5 Å². The first-order valence-corrected chi connectivity index (χ1v) is 6.13. The normalized spacial score (nSPS) is 10.2. The lowest BCUT2D eigenvalue weighted by molar-refractivity contribution is 0.102. The van der Waals surface area contributed by atoms with E-state index in [0.717, 1.165) is 18.7 Å². The van der Waals surface area contributed by atoms with E-state index in [2.05, 4.69) is 27.7 Å². The average Bonchev–Trinajstić information content (AvgIpc) is 2.82. The summed E-state index contributed by atoms with van der Waals surface area (Å²) in [6.45, 7) is 4.69. The molecule has 2 rings (SSSR count). The minimum atomic E-state index is -0.312. The van der Waals surface area contributed by atoms with Gasteiger partial charge in [0.2, 0.25) is 0 Å². The standard InChI is InChI=1S/C13H16N4O2/c1-3-5-14-10-4-6-15-11(8-10)13(18)16-12-7-9(2)19-17-12/h4,6-8H,3,5H2,1-2H3,(H,14,15)(H,16,17,18). The van der Waals surface area contributed by atoms with Gasteiger partial charge in [0.25, 0.3) is 5.91 Å². The Morgan fingerprint density at radius 2 is 2.26 bits per heavy atom. The van der Waals surface area contributed by atoms with E-state index in [1.54, 1.807) is 25.3 Å². The summed E-state index contributed by atoms with van der Waals surface area (Å²) in [5.74, 6) is 0.714. The van der Waals surface area contributed by atoms with Gasteiger partial charge >= 0.3 is 0 Å². The van der Waals surface area contributed by atoms with E-state index in [0.29, 0.717) is 17.3 Å². The summed E-state index contributed by atoms with van der Waals surface area (Å²) >= 11 is 0. The molecule has 2 aromatic heterocycles. The Bertz CT molecular complexity index is 565. The molecule has 0 bridgehead atoms. The van der Waals surface area contributed by atoms with Crippen molar-refractivity contribution in [2.24, 2.45) is 0 Å². The molecule has 6 heteroatoms. The molecule has 0 aromatic carbocycles. The van der Waals surface area contributed by atoms with Gasteiger partial charge in [-0.3, -0.25) is 9.78 Å². The van der Waals surface area contributed by atoms with Crippen molar-refractivity contribution in [2.75, 3.05) is 17.2 Å². The van der Waals surface area contributed by atoms with Crippen LogP contribution in [-0.4, -0.2) is 22.6 Å². The van der Waals surface area contributed by atoms with Crippen LogP contribution in [0.15, 0.2) is 28.9 Å². The number of hydrogen-bond acceptors (Lipinski definition) is 5. The Hall–Kier alpha value is -2.37. The van der Waals surface area contributed by atoms with Crippen molar-refractivity contribution in [3.8, 4) is 0 Å². The molecular formula is C13H16N4O2. The summed E-state index contributed by atoms with van der Waals surface area (Å²) in [5, 5.41) is 9.53. The van der Waals surface area contributed by atoms with Crippen LogP contribution in [0.4, 0.5) is 11.5 Å². The third-order valence-electron chi connectivity index (χ3n) is 2.44. The molecular weight excluding hydrogens is 244 g/mol. The minimum absolute atomic E-state index is 0.312. The molecule has 0 radical (unpaired) electrons. The SMILES string of the molecule is CCCNc1ccnc(C(=O)Nc2cc(C)on2)c1. The van der Waals surface area contributed by atoms with Crippen molar-refractivity contribution in [2.45, 2.75) is 20.3 Å². The van der Waals surface area contributed by atoms with E-state index in [9.17, 15) is 4.79 Å². The highest BCUT2D eigenvalue weighted by molar-refractivity contribution is 6.02. The Balaban J connectivity index is 2.06. The highest BCUT2D eigenvalue weighted by Crippen LogP contribution is 2.11. The van der Waals surface area contributed by atoms with Crippen molar-refractivity contribution >= 4 is 17.4 Å². The van der Waals surface area contributed by atoms with Gasteiger partial charge < -0.3 is 15.2 Å². The van der Waals surface area contributed by atoms with Crippen molar-refractivity contribution in [1.29, 1.82) is 0 Å². The molecule has 0 fully saturated rings. The molecule has 0 aliphatic rings. The molecule has 0 aliphatic carbocycles. The maximum Gasteiger partial charge on any atom is 0.275 e. The molecule has 1 amide bonds. The lowest BCUT2D eigenvalue weighted by Crippen LogP contribution is -2.14. The van der Waals surface area contributed by atoms with Gasteiger partial charge in [-0.05, 0) is 25.5 Å². The van der Waals surface area contributed by atoms with E-state index in [-0.39, 0.29) is 5.91 Å². The number of aromatic nitrogens is 2. The first-order chi connectivity index (χ1) is 9.19. The number of hydrogen-bond donors (Lipinski definition) is 2. The predicted octanol–water partition coefficient (Wildman–Crippen LogP) is 2.45. The highest BCUT2D eigenvalue weighted by atomic mass is 16.5. The summed E-state index contributed by atoms with van der Waals surface area (Å²) in [7, 11) is 0. The minimum Gasteiger partial charge on any atom is -0.385 e. The molecule has 2 N–H and O–H groups in total. The maximum absolute atomic E-state index is 12.0. The van der Waals surface area contributed by atoms with Crippen molar-refractivity contribution in [3.05, 3.63) is 35.9 Å². The van der Waals surface area contributed by atoms with Crippen molar-refractivity contribution < 1.29 is 9.32 Å². The van der Waals surface area contributed by atoms with Gasteiger partial charge in [-0.25, -0.2) is 0 Å². The predicted molar refractivity (Wildman–Crippen MR) is 72.2 cm³/mol. The van der Waals surface area contributed by atoms with Crippen LogP contribution in [0.2, 0.25) is 0 Å². The summed E-state index contributed by atoms with van der Waals surface area (Å²) < 4.78 is 4.88. The largest absolute Gasteiger partial charge is 0.385 e. The van der Waals surface area contributed by atoms with E-state index in [4.69, 9.17) is 4.52 Å². The first kappa shape index (κ1) is 13.1. The lowest BCUT2D eigenvalue weighted by Gasteiger charge is -2.06. The Labute approximate surface area is 111 Å². The quantitative estimate of drug-likeness (QED) is 0.863. The van der Waals surface area contributed by atoms with Gasteiger partial charge in [0.05, 0.1) is 0 Å². The van der Waals surface area contributed by atoms with E-state index in [1.165, 1.54) is 0 Å². The van der Waals surface area contributed by atoms with Gasteiger partial charge in [0.1, 0.15) is 11.5 Å². The van der Waals surface area contributed by atoms with Crippen LogP contribution < -0.4 is 10.6 Å². The van der Waals surface area contributed by atoms with Gasteiger partial charge in [-0.1, -0.05) is 12.1 Å². The smallest absolute Gasteiger partial charge is 0.275 e. The Morgan fingerprint density at radius 1 is 1.42 bits per heavy atom. The number of nitrogens with zero attached hydrogens (tertiary/aromatic N) is 2. The zero-order chi connectivity index (χ0) is 13.7. The van der Waals surface area contributed by atoms with Crippen LogP contribution in [0.3, 0.4) is 0 Å². The second kappa shape index (κ2) is 5.99. The molecule has 0 saturated carbocycles. The zero-order valence-corrected chi connectivity index (χ0v) is 10.9. The van der Waals surface area contributed by atoms with Crippen LogP contribution in [-0.2, 0) is 0 Å². The van der Waals surface area contributed by atoms with Gasteiger partial charge in [-0.15, -0.1) is 0 Å². The van der Waals surface area contributed by atoms with Crippen molar-refractivity contribution in [1.82, 2.24) is 10.1 Å². The number of carbonyl (C=O) groups is 1. The topological polar surface area (TPSA) is 80.0 Å². The number of nitrogens with one attached hydrogen (secondary N) is 2. The monoisotopic (exact) mass is 260 g/mol. The highest BCUT2D eigenvalue weighted by Gasteiger charge is 2.10.